The average Bonchev–Trinajstić information content (AvgIpc) is 2.26. The van der Waals surface area contributed by atoms with Crippen molar-refractivity contribution < 1.29 is 18.3 Å². The maximum atomic E-state index is 11.5. The van der Waals surface area contributed by atoms with Crippen LogP contribution >= 0.6 is 0 Å². The second-order valence-corrected chi connectivity index (χ2v) is 4.85. The molecule has 0 amide bonds. The van der Waals surface area contributed by atoms with E-state index in [0.717, 1.165) is 0 Å². The molecule has 94 valence electrons. The molecule has 0 fully saturated rings. The van der Waals surface area contributed by atoms with E-state index >= 15 is 0 Å². The summed E-state index contributed by atoms with van der Waals surface area (Å²) in [6.07, 6.45) is 0.654. The molecule has 1 aromatic carbocycles. The minimum absolute atomic E-state index is 0.0450. The molecule has 0 aliphatic heterocycles. The van der Waals surface area contributed by atoms with Crippen molar-refractivity contribution in [1.82, 2.24) is 4.72 Å². The number of carboxylic acid groups (broad SMARTS) is 1. The van der Waals surface area contributed by atoms with Gasteiger partial charge in [0, 0.05) is 6.54 Å². The molecule has 0 aromatic heterocycles. The van der Waals surface area contributed by atoms with E-state index in [1.807, 2.05) is 6.92 Å². The van der Waals surface area contributed by atoms with Crippen molar-refractivity contribution in [3.8, 4) is 0 Å². The Morgan fingerprint density at radius 3 is 2.59 bits per heavy atom. The van der Waals surface area contributed by atoms with Crippen LogP contribution < -0.4 is 9.44 Å². The zero-order valence-electron chi connectivity index (χ0n) is 9.30. The maximum absolute atomic E-state index is 11.5. The normalized spacial score (nSPS) is 11.1. The second kappa shape index (κ2) is 5.65. The van der Waals surface area contributed by atoms with Gasteiger partial charge in [0.25, 0.3) is 10.2 Å². The highest BCUT2D eigenvalue weighted by Crippen LogP contribution is 2.15. The van der Waals surface area contributed by atoms with Crippen LogP contribution in [0.25, 0.3) is 0 Å². The number of nitrogens with one attached hydrogen (secondary N) is 2. The van der Waals surface area contributed by atoms with Gasteiger partial charge in [0.1, 0.15) is 0 Å². The average molecular weight is 258 g/mol. The zero-order chi connectivity index (χ0) is 12.9. The summed E-state index contributed by atoms with van der Waals surface area (Å²) in [6, 6.07) is 5.82. The quantitative estimate of drug-likeness (QED) is 0.710. The van der Waals surface area contributed by atoms with Gasteiger partial charge in [-0.3, -0.25) is 4.72 Å². The van der Waals surface area contributed by atoms with E-state index in [1.165, 1.54) is 18.2 Å². The molecular formula is C10H14N2O4S. The van der Waals surface area contributed by atoms with E-state index in [2.05, 4.69) is 9.44 Å². The van der Waals surface area contributed by atoms with Crippen molar-refractivity contribution in [1.29, 1.82) is 0 Å². The lowest BCUT2D eigenvalue weighted by atomic mass is 10.2. The van der Waals surface area contributed by atoms with Gasteiger partial charge in [-0.25, -0.2) is 4.79 Å². The summed E-state index contributed by atoms with van der Waals surface area (Å²) in [5.74, 6) is -1.18. The Hall–Kier alpha value is -1.60. The largest absolute Gasteiger partial charge is 0.478 e. The first-order chi connectivity index (χ1) is 7.96. The minimum Gasteiger partial charge on any atom is -0.478 e. The van der Waals surface area contributed by atoms with Gasteiger partial charge in [-0.2, -0.15) is 13.1 Å². The molecule has 0 bridgehead atoms. The van der Waals surface area contributed by atoms with Crippen molar-refractivity contribution >= 4 is 21.9 Å². The monoisotopic (exact) mass is 258 g/mol. The molecule has 0 aliphatic carbocycles. The number of para-hydroxylation sites is 1. The van der Waals surface area contributed by atoms with Crippen molar-refractivity contribution in [2.75, 3.05) is 11.3 Å². The Kier molecular flexibility index (Phi) is 4.47. The van der Waals surface area contributed by atoms with Gasteiger partial charge in [-0.05, 0) is 18.6 Å². The lowest BCUT2D eigenvalue weighted by Crippen LogP contribution is -2.31. The zero-order valence-corrected chi connectivity index (χ0v) is 10.1. The van der Waals surface area contributed by atoms with Crippen molar-refractivity contribution in [3.05, 3.63) is 29.8 Å². The van der Waals surface area contributed by atoms with E-state index in [-0.39, 0.29) is 11.3 Å². The first kappa shape index (κ1) is 13.5. The van der Waals surface area contributed by atoms with Crippen LogP contribution in [0.4, 0.5) is 5.69 Å². The third-order valence-electron chi connectivity index (χ3n) is 1.94. The standard InChI is InChI=1S/C10H14N2O4S/c1-2-7-11-17(15,16)12-9-6-4-3-5-8(9)10(13)14/h3-6,11-12H,2,7H2,1H3,(H,13,14). The van der Waals surface area contributed by atoms with Gasteiger partial charge in [0.05, 0.1) is 11.3 Å². The van der Waals surface area contributed by atoms with Gasteiger partial charge < -0.3 is 5.11 Å². The van der Waals surface area contributed by atoms with Crippen LogP contribution in [0.15, 0.2) is 24.3 Å². The molecule has 1 aromatic rings. The molecule has 6 nitrogen and oxygen atoms in total. The molecule has 0 atom stereocenters. The highest BCUT2D eigenvalue weighted by Gasteiger charge is 2.14. The van der Waals surface area contributed by atoms with Crippen LogP contribution in [-0.2, 0) is 10.2 Å². The van der Waals surface area contributed by atoms with E-state index in [0.29, 0.717) is 13.0 Å². The summed E-state index contributed by atoms with van der Waals surface area (Å²) in [4.78, 5) is 10.9. The van der Waals surface area contributed by atoms with E-state index < -0.39 is 16.2 Å². The van der Waals surface area contributed by atoms with E-state index in [1.54, 1.807) is 6.07 Å². The fraction of sp³-hybridized carbons (Fsp3) is 0.300. The van der Waals surface area contributed by atoms with Crippen LogP contribution in [0.1, 0.15) is 23.7 Å². The van der Waals surface area contributed by atoms with Crippen molar-refractivity contribution in [2.24, 2.45) is 0 Å². The summed E-state index contributed by atoms with van der Waals surface area (Å²) in [6.45, 7) is 2.12. The van der Waals surface area contributed by atoms with Crippen molar-refractivity contribution in [3.63, 3.8) is 0 Å². The predicted octanol–water partition coefficient (Wildman–Crippen LogP) is 1.04. The minimum atomic E-state index is -3.72. The van der Waals surface area contributed by atoms with Crippen molar-refractivity contribution in [2.45, 2.75) is 13.3 Å². The number of benzene rings is 1. The summed E-state index contributed by atoms with van der Waals surface area (Å²) in [7, 11) is -3.72. The van der Waals surface area contributed by atoms with Gasteiger partial charge in [0.2, 0.25) is 0 Å². The molecular weight excluding hydrogens is 244 g/mol. The number of hydrogen-bond acceptors (Lipinski definition) is 3. The van der Waals surface area contributed by atoms with Gasteiger partial charge in [-0.1, -0.05) is 19.1 Å². The molecule has 0 spiro atoms. The highest BCUT2D eigenvalue weighted by atomic mass is 32.2. The van der Waals surface area contributed by atoms with E-state index in [9.17, 15) is 13.2 Å². The van der Waals surface area contributed by atoms with E-state index in [4.69, 9.17) is 5.11 Å². The van der Waals surface area contributed by atoms with Crippen LogP contribution in [0.2, 0.25) is 0 Å². The predicted molar refractivity (Wildman–Crippen MR) is 64.2 cm³/mol. The first-order valence-electron chi connectivity index (χ1n) is 5.06. The molecule has 0 unspecified atom stereocenters. The molecule has 17 heavy (non-hydrogen) atoms. The maximum Gasteiger partial charge on any atom is 0.337 e. The van der Waals surface area contributed by atoms with Crippen LogP contribution in [0.3, 0.4) is 0 Å². The lowest BCUT2D eigenvalue weighted by molar-refractivity contribution is 0.0698. The second-order valence-electron chi connectivity index (χ2n) is 3.35. The highest BCUT2D eigenvalue weighted by molar-refractivity contribution is 7.90. The summed E-state index contributed by atoms with van der Waals surface area (Å²) in [5, 5.41) is 8.88. The smallest absolute Gasteiger partial charge is 0.337 e. The molecule has 3 N–H and O–H groups in total. The number of carboxylic acids is 1. The van der Waals surface area contributed by atoms with Gasteiger partial charge in [0.15, 0.2) is 0 Å². The lowest BCUT2D eigenvalue weighted by Gasteiger charge is -2.10. The van der Waals surface area contributed by atoms with Crippen LogP contribution in [0, 0.1) is 0 Å². The molecule has 0 heterocycles. The summed E-state index contributed by atoms with van der Waals surface area (Å²) >= 11 is 0. The molecule has 1 rings (SSSR count). The number of hydrogen-bond donors (Lipinski definition) is 3. The topological polar surface area (TPSA) is 95.5 Å². The molecule has 0 radical (unpaired) electrons. The van der Waals surface area contributed by atoms with Gasteiger partial charge in [-0.15, -0.1) is 0 Å². The van der Waals surface area contributed by atoms with Crippen LogP contribution in [0.5, 0.6) is 0 Å². The Labute approximate surface area is 99.8 Å². The fourth-order valence-corrected chi connectivity index (χ4v) is 2.19. The number of carbonyl (C=O) groups is 1. The van der Waals surface area contributed by atoms with Crippen LogP contribution in [-0.4, -0.2) is 26.0 Å². The third kappa shape index (κ3) is 4.04. The molecule has 0 aliphatic rings. The molecule has 0 saturated heterocycles. The number of rotatable bonds is 6. The molecule has 0 saturated carbocycles. The fourth-order valence-electron chi connectivity index (χ4n) is 1.18. The summed E-state index contributed by atoms with van der Waals surface area (Å²) < 4.78 is 27.5. The SMILES string of the molecule is CCCNS(=O)(=O)Nc1ccccc1C(=O)O. The Morgan fingerprint density at radius 1 is 1.35 bits per heavy atom. The Bertz CT molecular complexity index is 499. The number of aromatic carboxylic acids is 1. The van der Waals surface area contributed by atoms with Gasteiger partial charge >= 0.3 is 5.97 Å². The molecule has 7 heteroatoms. The Balaban J connectivity index is 2.92. The summed E-state index contributed by atoms with van der Waals surface area (Å²) in [5.41, 5.74) is -0.0435. The first-order valence-corrected chi connectivity index (χ1v) is 6.54. The number of anilines is 1. The third-order valence-corrected chi connectivity index (χ3v) is 3.02. The Morgan fingerprint density at radius 2 is 2.00 bits per heavy atom.